The quantitative estimate of drug-likeness (QED) is 0.392. The van der Waals surface area contributed by atoms with Gasteiger partial charge in [-0.25, -0.2) is 4.79 Å². The molecule has 1 atom stereocenters. The third kappa shape index (κ3) is 5.78. The smallest absolute Gasteiger partial charge is 0.315 e. The second-order valence-electron chi connectivity index (χ2n) is 11.2. The zero-order valence-corrected chi connectivity index (χ0v) is 22.5. The highest BCUT2D eigenvalue weighted by atomic mass is 35.5. The number of carbonyl (C=O) groups excluding carboxylic acids is 2. The Bertz CT molecular complexity index is 1260. The minimum absolute atomic E-state index is 0. The van der Waals surface area contributed by atoms with Crippen LogP contribution >= 0.6 is 12.4 Å². The molecule has 2 heterocycles. The number of nitrogens with zero attached hydrogens (tertiary/aromatic N) is 1. The van der Waals surface area contributed by atoms with E-state index in [0.29, 0.717) is 26.1 Å². The molecule has 3 amide bonds. The van der Waals surface area contributed by atoms with E-state index in [1.54, 1.807) is 0 Å². The average Bonchev–Trinajstić information content (AvgIpc) is 3.44. The van der Waals surface area contributed by atoms with Crippen molar-refractivity contribution in [3.8, 4) is 0 Å². The first-order chi connectivity index (χ1) is 17.2. The fourth-order valence-corrected chi connectivity index (χ4v) is 5.90. The van der Waals surface area contributed by atoms with Crippen LogP contribution < -0.4 is 16.4 Å². The Hall–Kier alpha value is -3.03. The van der Waals surface area contributed by atoms with Gasteiger partial charge in [-0.1, -0.05) is 42.5 Å². The molecule has 1 saturated heterocycles. The largest absolute Gasteiger partial charge is 0.361 e. The topological polar surface area (TPSA) is 103 Å². The molecule has 198 valence electrons. The van der Waals surface area contributed by atoms with Crippen LogP contribution in [0, 0.1) is 0 Å². The van der Waals surface area contributed by atoms with Gasteiger partial charge in [-0.15, -0.1) is 12.4 Å². The molecular weight excluding hydrogens is 486 g/mol. The maximum atomic E-state index is 13.8. The van der Waals surface area contributed by atoms with Crippen LogP contribution in [-0.4, -0.2) is 53.0 Å². The van der Waals surface area contributed by atoms with Crippen LogP contribution in [-0.2, 0) is 23.1 Å². The van der Waals surface area contributed by atoms with Crippen LogP contribution in [0.15, 0.2) is 54.7 Å². The number of aryl methyl sites for hydroxylation is 1. The van der Waals surface area contributed by atoms with Crippen LogP contribution in [0.1, 0.15) is 49.8 Å². The number of piperidine rings is 1. The lowest BCUT2D eigenvalue weighted by molar-refractivity contribution is -0.134. The van der Waals surface area contributed by atoms with Gasteiger partial charge in [0.1, 0.15) is 6.04 Å². The van der Waals surface area contributed by atoms with Crippen molar-refractivity contribution in [1.82, 2.24) is 20.5 Å². The summed E-state index contributed by atoms with van der Waals surface area (Å²) < 4.78 is 0. The molecule has 8 heteroatoms. The van der Waals surface area contributed by atoms with Crippen LogP contribution in [0.5, 0.6) is 0 Å². The van der Waals surface area contributed by atoms with Gasteiger partial charge in [0.2, 0.25) is 5.91 Å². The number of benzene rings is 2. The molecule has 1 spiro atoms. The van der Waals surface area contributed by atoms with E-state index in [1.807, 2.05) is 49.2 Å². The normalized spacial score (nSPS) is 17.2. The molecule has 5 rings (SSSR count). The molecule has 1 aliphatic carbocycles. The first kappa shape index (κ1) is 27.0. The van der Waals surface area contributed by atoms with E-state index in [0.717, 1.165) is 42.1 Å². The predicted molar refractivity (Wildman–Crippen MR) is 150 cm³/mol. The number of nitrogens with one attached hydrogen (secondary N) is 3. The Morgan fingerprint density at radius 3 is 2.54 bits per heavy atom. The number of urea groups is 1. The fourth-order valence-electron chi connectivity index (χ4n) is 5.90. The standard InChI is InChI=1S/C29H37N5O2.ClH/c1-28(2,30)19-32-27(36)33-25(17-21-18-31-24-10-6-4-8-22(21)24)26(35)34-15-13-29(14-16-34)12-11-20-7-3-5-9-23(20)29;/h3-10,18,25,31H,11-17,19,30H2,1-2H3,(H2,32,33,36);1H/t25-;/m1./s1. The van der Waals surface area contributed by atoms with E-state index < -0.39 is 11.6 Å². The lowest BCUT2D eigenvalue weighted by Crippen LogP contribution is -2.56. The van der Waals surface area contributed by atoms with Gasteiger partial charge in [-0.2, -0.15) is 0 Å². The van der Waals surface area contributed by atoms with Crippen molar-refractivity contribution in [2.75, 3.05) is 19.6 Å². The molecule has 0 saturated carbocycles. The van der Waals surface area contributed by atoms with Crippen molar-refractivity contribution in [3.63, 3.8) is 0 Å². The summed E-state index contributed by atoms with van der Waals surface area (Å²) >= 11 is 0. The minimum Gasteiger partial charge on any atom is -0.361 e. The first-order valence-electron chi connectivity index (χ1n) is 13.0. The maximum absolute atomic E-state index is 13.8. The number of aromatic amines is 1. The molecule has 0 unspecified atom stereocenters. The molecule has 1 fully saturated rings. The number of amides is 3. The number of hydrogen-bond acceptors (Lipinski definition) is 3. The molecule has 37 heavy (non-hydrogen) atoms. The monoisotopic (exact) mass is 523 g/mol. The number of nitrogens with two attached hydrogens (primary N) is 1. The van der Waals surface area contributed by atoms with Crippen molar-refractivity contribution in [1.29, 1.82) is 0 Å². The summed E-state index contributed by atoms with van der Waals surface area (Å²) in [5.41, 5.74) is 10.6. The highest BCUT2D eigenvalue weighted by Crippen LogP contribution is 2.46. The SMILES string of the molecule is CC(C)(N)CNC(=O)N[C@H](Cc1c[nH]c2ccccc12)C(=O)N1CCC2(CCc3ccccc32)CC1.Cl. The van der Waals surface area contributed by atoms with E-state index >= 15 is 0 Å². The highest BCUT2D eigenvalue weighted by molar-refractivity contribution is 5.89. The molecule has 0 bridgehead atoms. The van der Waals surface area contributed by atoms with Gasteiger partial charge in [0.25, 0.3) is 0 Å². The van der Waals surface area contributed by atoms with Gasteiger partial charge in [0, 0.05) is 48.7 Å². The molecule has 2 aromatic carbocycles. The number of rotatable bonds is 6. The van der Waals surface area contributed by atoms with Gasteiger partial charge in [-0.05, 0) is 67.7 Å². The highest BCUT2D eigenvalue weighted by Gasteiger charge is 2.42. The molecule has 7 nitrogen and oxygen atoms in total. The van der Waals surface area contributed by atoms with Gasteiger partial charge in [-0.3, -0.25) is 4.79 Å². The van der Waals surface area contributed by atoms with Gasteiger partial charge >= 0.3 is 6.03 Å². The third-order valence-corrected chi connectivity index (χ3v) is 7.90. The van der Waals surface area contributed by atoms with E-state index in [1.165, 1.54) is 11.1 Å². The van der Waals surface area contributed by atoms with Crippen molar-refractivity contribution in [2.24, 2.45) is 5.73 Å². The zero-order chi connectivity index (χ0) is 25.3. The number of carbonyl (C=O) groups is 2. The first-order valence-corrected chi connectivity index (χ1v) is 13.0. The second kappa shape index (κ2) is 10.8. The van der Waals surface area contributed by atoms with Crippen LogP contribution in [0.2, 0.25) is 0 Å². The van der Waals surface area contributed by atoms with Crippen molar-refractivity contribution in [2.45, 2.75) is 62.9 Å². The molecule has 0 radical (unpaired) electrons. The maximum Gasteiger partial charge on any atom is 0.315 e. The summed E-state index contributed by atoms with van der Waals surface area (Å²) in [6.07, 6.45) is 6.56. The van der Waals surface area contributed by atoms with Crippen LogP contribution in [0.25, 0.3) is 10.9 Å². The summed E-state index contributed by atoms with van der Waals surface area (Å²) in [6, 6.07) is 15.8. The van der Waals surface area contributed by atoms with Crippen molar-refractivity contribution >= 4 is 35.2 Å². The Balaban J connectivity index is 0.00000320. The lowest BCUT2D eigenvalue weighted by Gasteiger charge is -2.41. The van der Waals surface area contributed by atoms with Crippen molar-refractivity contribution in [3.05, 3.63) is 71.4 Å². The zero-order valence-electron chi connectivity index (χ0n) is 21.7. The van der Waals surface area contributed by atoms with Gasteiger partial charge in [0.05, 0.1) is 0 Å². The molecule has 1 aromatic heterocycles. The summed E-state index contributed by atoms with van der Waals surface area (Å²) in [5.74, 6) is -0.0245. The molecule has 2 aliphatic rings. The summed E-state index contributed by atoms with van der Waals surface area (Å²) in [4.78, 5) is 31.8. The molecule has 3 aromatic rings. The number of H-pyrrole nitrogens is 1. The van der Waals surface area contributed by atoms with E-state index in [4.69, 9.17) is 5.73 Å². The Labute approximate surface area is 225 Å². The van der Waals surface area contributed by atoms with Crippen molar-refractivity contribution < 1.29 is 9.59 Å². The summed E-state index contributed by atoms with van der Waals surface area (Å²) in [5, 5.41) is 6.85. The third-order valence-electron chi connectivity index (χ3n) is 7.90. The number of fused-ring (bicyclic) bond motifs is 3. The number of halogens is 1. The molecule has 1 aliphatic heterocycles. The Kier molecular flexibility index (Phi) is 7.85. The summed E-state index contributed by atoms with van der Waals surface area (Å²) in [7, 11) is 0. The fraction of sp³-hybridized carbons (Fsp3) is 0.448. The summed E-state index contributed by atoms with van der Waals surface area (Å²) in [6.45, 7) is 5.44. The Morgan fingerprint density at radius 1 is 1.08 bits per heavy atom. The molecular formula is C29H38ClN5O2. The average molecular weight is 524 g/mol. The van der Waals surface area contributed by atoms with E-state index in [2.05, 4.69) is 39.9 Å². The second-order valence-corrected chi connectivity index (χ2v) is 11.2. The Morgan fingerprint density at radius 2 is 1.78 bits per heavy atom. The number of para-hydroxylation sites is 1. The van der Waals surface area contributed by atoms with Crippen LogP contribution in [0.3, 0.4) is 0 Å². The van der Waals surface area contributed by atoms with E-state index in [-0.39, 0.29) is 29.8 Å². The number of hydrogen-bond donors (Lipinski definition) is 4. The number of aromatic nitrogens is 1. The van der Waals surface area contributed by atoms with E-state index in [9.17, 15) is 9.59 Å². The van der Waals surface area contributed by atoms with Gasteiger partial charge < -0.3 is 26.3 Å². The minimum atomic E-state index is -0.657. The van der Waals surface area contributed by atoms with Crippen LogP contribution in [0.4, 0.5) is 4.79 Å². The number of likely N-dealkylation sites (tertiary alicyclic amines) is 1. The molecule has 5 N–H and O–H groups in total. The predicted octanol–water partition coefficient (Wildman–Crippen LogP) is 4.04. The lowest BCUT2D eigenvalue weighted by atomic mass is 9.74. The van der Waals surface area contributed by atoms with Gasteiger partial charge in [0.15, 0.2) is 0 Å².